The molecule has 14 heavy (non-hydrogen) atoms. The third-order valence-corrected chi connectivity index (χ3v) is 2.52. The van der Waals surface area contributed by atoms with Crippen molar-refractivity contribution >= 4 is 5.78 Å². The zero-order valence-corrected chi connectivity index (χ0v) is 9.09. The SMILES string of the molecule is C=CCC(CC=C)(CC=C)C(=O)CC. The van der Waals surface area contributed by atoms with Gasteiger partial charge < -0.3 is 0 Å². The molecule has 0 aliphatic rings. The molecule has 0 amide bonds. The van der Waals surface area contributed by atoms with Crippen LogP contribution in [0.4, 0.5) is 0 Å². The van der Waals surface area contributed by atoms with E-state index in [2.05, 4.69) is 19.7 Å². The highest BCUT2D eigenvalue weighted by Gasteiger charge is 2.32. The van der Waals surface area contributed by atoms with Crippen molar-refractivity contribution in [3.05, 3.63) is 38.0 Å². The van der Waals surface area contributed by atoms with Gasteiger partial charge in [0.25, 0.3) is 0 Å². The van der Waals surface area contributed by atoms with E-state index in [1.807, 2.05) is 6.92 Å². The minimum absolute atomic E-state index is 0.275. The van der Waals surface area contributed by atoms with Crippen LogP contribution in [-0.4, -0.2) is 5.78 Å². The number of ketones is 1. The zero-order valence-electron chi connectivity index (χ0n) is 9.09. The van der Waals surface area contributed by atoms with Crippen LogP contribution >= 0.6 is 0 Å². The fourth-order valence-electron chi connectivity index (χ4n) is 1.80. The lowest BCUT2D eigenvalue weighted by Crippen LogP contribution is -2.29. The van der Waals surface area contributed by atoms with Gasteiger partial charge in [-0.15, -0.1) is 19.7 Å². The second-order valence-corrected chi connectivity index (χ2v) is 3.54. The molecule has 0 radical (unpaired) electrons. The Labute approximate surface area is 87.2 Å². The van der Waals surface area contributed by atoms with Crippen molar-refractivity contribution in [1.82, 2.24) is 0 Å². The maximum atomic E-state index is 11.9. The Hall–Kier alpha value is -1.11. The first-order valence-corrected chi connectivity index (χ1v) is 5.02. The van der Waals surface area contributed by atoms with Gasteiger partial charge in [0.05, 0.1) is 0 Å². The van der Waals surface area contributed by atoms with Gasteiger partial charge in [-0.3, -0.25) is 4.79 Å². The number of hydrogen-bond donors (Lipinski definition) is 0. The van der Waals surface area contributed by atoms with Crippen molar-refractivity contribution in [2.45, 2.75) is 32.6 Å². The van der Waals surface area contributed by atoms with Crippen LogP contribution in [0.3, 0.4) is 0 Å². The molecule has 0 saturated carbocycles. The normalized spacial score (nSPS) is 10.6. The number of rotatable bonds is 8. The summed E-state index contributed by atoms with van der Waals surface area (Å²) in [4.78, 5) is 11.9. The van der Waals surface area contributed by atoms with Crippen molar-refractivity contribution < 1.29 is 4.79 Å². The number of carbonyl (C=O) groups excluding carboxylic acids is 1. The van der Waals surface area contributed by atoms with Gasteiger partial charge in [-0.2, -0.15) is 0 Å². The molecule has 0 aromatic carbocycles. The van der Waals surface area contributed by atoms with Gasteiger partial charge in [0, 0.05) is 11.8 Å². The van der Waals surface area contributed by atoms with E-state index in [1.54, 1.807) is 18.2 Å². The third-order valence-electron chi connectivity index (χ3n) is 2.52. The molecular formula is C13H20O. The first-order valence-electron chi connectivity index (χ1n) is 5.02. The van der Waals surface area contributed by atoms with E-state index >= 15 is 0 Å². The molecule has 1 heteroatoms. The predicted octanol–water partition coefficient (Wildman–Crippen LogP) is 3.68. The Balaban J connectivity index is 4.88. The molecule has 0 heterocycles. The highest BCUT2D eigenvalue weighted by atomic mass is 16.1. The predicted molar refractivity (Wildman–Crippen MR) is 62.2 cm³/mol. The van der Waals surface area contributed by atoms with Crippen molar-refractivity contribution in [3.8, 4) is 0 Å². The van der Waals surface area contributed by atoms with Crippen LogP contribution in [0.25, 0.3) is 0 Å². The monoisotopic (exact) mass is 192 g/mol. The van der Waals surface area contributed by atoms with Crippen LogP contribution in [0.15, 0.2) is 38.0 Å². The van der Waals surface area contributed by atoms with Gasteiger partial charge in [0.2, 0.25) is 0 Å². The van der Waals surface area contributed by atoms with E-state index in [9.17, 15) is 4.79 Å². The van der Waals surface area contributed by atoms with Crippen molar-refractivity contribution in [2.75, 3.05) is 0 Å². The molecular weight excluding hydrogens is 172 g/mol. The summed E-state index contributed by atoms with van der Waals surface area (Å²) in [6, 6.07) is 0. The molecule has 0 aliphatic heterocycles. The molecule has 0 rings (SSSR count). The Morgan fingerprint density at radius 1 is 1.07 bits per heavy atom. The largest absolute Gasteiger partial charge is 0.299 e. The molecule has 0 aliphatic carbocycles. The lowest BCUT2D eigenvalue weighted by molar-refractivity contribution is -0.128. The standard InChI is InChI=1S/C13H20O/c1-5-9-13(10-6-2,11-7-3)12(14)8-4/h5-7H,1-3,8-11H2,4H3. The molecule has 0 unspecified atom stereocenters. The van der Waals surface area contributed by atoms with Crippen LogP contribution in [-0.2, 0) is 4.79 Å². The molecule has 0 bridgehead atoms. The van der Waals surface area contributed by atoms with Crippen LogP contribution in [0.2, 0.25) is 0 Å². The number of hydrogen-bond acceptors (Lipinski definition) is 1. The van der Waals surface area contributed by atoms with E-state index in [1.165, 1.54) is 0 Å². The molecule has 0 aromatic rings. The maximum Gasteiger partial charge on any atom is 0.139 e. The van der Waals surface area contributed by atoms with Crippen LogP contribution in [0, 0.1) is 5.41 Å². The van der Waals surface area contributed by atoms with Crippen LogP contribution in [0.5, 0.6) is 0 Å². The Kier molecular flexibility index (Phi) is 5.86. The summed E-state index contributed by atoms with van der Waals surface area (Å²) < 4.78 is 0. The summed E-state index contributed by atoms with van der Waals surface area (Å²) in [5, 5.41) is 0. The average molecular weight is 192 g/mol. The lowest BCUT2D eigenvalue weighted by Gasteiger charge is -2.28. The van der Waals surface area contributed by atoms with Gasteiger partial charge in [-0.05, 0) is 19.3 Å². The van der Waals surface area contributed by atoms with E-state index in [0.29, 0.717) is 25.7 Å². The van der Waals surface area contributed by atoms with Gasteiger partial charge >= 0.3 is 0 Å². The number of Topliss-reactive ketones (excluding diaryl/α,β-unsaturated/α-hetero) is 1. The summed E-state index contributed by atoms with van der Waals surface area (Å²) in [5.74, 6) is 0.275. The molecule has 0 fully saturated rings. The molecule has 0 spiro atoms. The van der Waals surface area contributed by atoms with Crippen LogP contribution < -0.4 is 0 Å². The second kappa shape index (κ2) is 6.36. The maximum absolute atomic E-state index is 11.9. The minimum Gasteiger partial charge on any atom is -0.299 e. The zero-order chi connectivity index (χ0) is 11.0. The van der Waals surface area contributed by atoms with E-state index < -0.39 is 0 Å². The summed E-state index contributed by atoms with van der Waals surface area (Å²) in [5.41, 5.74) is -0.333. The summed E-state index contributed by atoms with van der Waals surface area (Å²) in [6.07, 6.45) is 8.10. The molecule has 0 saturated heterocycles. The van der Waals surface area contributed by atoms with E-state index in [0.717, 1.165) is 0 Å². The van der Waals surface area contributed by atoms with Gasteiger partial charge in [-0.1, -0.05) is 25.2 Å². The van der Waals surface area contributed by atoms with Crippen molar-refractivity contribution in [3.63, 3.8) is 0 Å². The Morgan fingerprint density at radius 3 is 1.64 bits per heavy atom. The number of allylic oxidation sites excluding steroid dienone is 3. The highest BCUT2D eigenvalue weighted by molar-refractivity contribution is 5.85. The Bertz CT molecular complexity index is 199. The van der Waals surface area contributed by atoms with Crippen LogP contribution in [0.1, 0.15) is 32.6 Å². The fourth-order valence-corrected chi connectivity index (χ4v) is 1.80. The smallest absolute Gasteiger partial charge is 0.139 e. The fraction of sp³-hybridized carbons (Fsp3) is 0.462. The number of carbonyl (C=O) groups is 1. The minimum atomic E-state index is -0.333. The molecule has 1 nitrogen and oxygen atoms in total. The lowest BCUT2D eigenvalue weighted by atomic mass is 9.73. The molecule has 0 N–H and O–H groups in total. The van der Waals surface area contributed by atoms with E-state index in [4.69, 9.17) is 0 Å². The van der Waals surface area contributed by atoms with Crippen molar-refractivity contribution in [2.24, 2.45) is 5.41 Å². The molecule has 0 atom stereocenters. The first kappa shape index (κ1) is 12.9. The summed E-state index contributed by atoms with van der Waals surface area (Å²) in [7, 11) is 0. The first-order chi connectivity index (χ1) is 6.66. The summed E-state index contributed by atoms with van der Waals surface area (Å²) in [6.45, 7) is 13.0. The van der Waals surface area contributed by atoms with Gasteiger partial charge in [0.1, 0.15) is 5.78 Å². The van der Waals surface area contributed by atoms with Crippen molar-refractivity contribution in [1.29, 1.82) is 0 Å². The average Bonchev–Trinajstić information content (AvgIpc) is 2.17. The Morgan fingerprint density at radius 2 is 1.43 bits per heavy atom. The second-order valence-electron chi connectivity index (χ2n) is 3.54. The summed E-state index contributed by atoms with van der Waals surface area (Å²) >= 11 is 0. The topological polar surface area (TPSA) is 17.1 Å². The molecule has 0 aromatic heterocycles. The van der Waals surface area contributed by atoms with Gasteiger partial charge in [-0.25, -0.2) is 0 Å². The third kappa shape index (κ3) is 2.99. The van der Waals surface area contributed by atoms with Gasteiger partial charge in [0.15, 0.2) is 0 Å². The quantitative estimate of drug-likeness (QED) is 0.536. The highest BCUT2D eigenvalue weighted by Crippen LogP contribution is 2.34. The molecule has 78 valence electrons. The van der Waals surface area contributed by atoms with E-state index in [-0.39, 0.29) is 11.2 Å².